The Morgan fingerprint density at radius 2 is 2.17 bits per heavy atom. The molecule has 2 rings (SSSR count). The number of benzene rings is 1. The molecule has 1 aliphatic rings. The number of carboxylic acids is 1. The third kappa shape index (κ3) is 3.58. The average Bonchev–Trinajstić information content (AvgIpc) is 2.54. The Morgan fingerprint density at radius 3 is 2.78 bits per heavy atom. The zero-order valence-corrected chi connectivity index (χ0v) is 12.7. The zero-order chi connectivity index (χ0) is 17.0. The van der Waals surface area contributed by atoms with E-state index in [1.165, 1.54) is 12.1 Å². The smallest absolute Gasteiger partial charge is 0.338 e. The summed E-state index contributed by atoms with van der Waals surface area (Å²) in [5, 5.41) is 20.2. The first-order valence-corrected chi connectivity index (χ1v) is 7.40. The summed E-state index contributed by atoms with van der Waals surface area (Å²) in [4.78, 5) is 35.5. The van der Waals surface area contributed by atoms with E-state index in [2.05, 4.69) is 0 Å². The van der Waals surface area contributed by atoms with Crippen molar-refractivity contribution in [3.05, 3.63) is 33.9 Å². The number of nitro groups is 1. The summed E-state index contributed by atoms with van der Waals surface area (Å²) in [5.74, 6) is -1.67. The molecular formula is C15H18N2O6. The summed E-state index contributed by atoms with van der Waals surface area (Å²) in [6.45, 7) is 2.45. The molecule has 0 saturated carbocycles. The number of nitro benzene ring substituents is 1. The normalized spacial score (nSPS) is 17.6. The van der Waals surface area contributed by atoms with Crippen LogP contribution in [0.3, 0.4) is 0 Å². The van der Waals surface area contributed by atoms with E-state index >= 15 is 0 Å². The van der Waals surface area contributed by atoms with Crippen molar-refractivity contribution in [1.82, 2.24) is 0 Å². The highest BCUT2D eigenvalue weighted by Gasteiger charge is 2.32. The Labute approximate surface area is 132 Å². The van der Waals surface area contributed by atoms with Gasteiger partial charge in [0.05, 0.1) is 22.8 Å². The molecule has 1 N–H and O–H groups in total. The molecule has 0 aromatic heterocycles. The number of carbonyl (C=O) groups is 2. The van der Waals surface area contributed by atoms with Crippen molar-refractivity contribution in [2.75, 3.05) is 18.1 Å². The third-order valence-electron chi connectivity index (χ3n) is 3.79. The summed E-state index contributed by atoms with van der Waals surface area (Å²) in [6, 6.07) is 3.09. The van der Waals surface area contributed by atoms with Crippen LogP contribution < -0.4 is 4.90 Å². The van der Waals surface area contributed by atoms with Gasteiger partial charge < -0.3 is 14.7 Å². The molecule has 0 radical (unpaired) electrons. The van der Waals surface area contributed by atoms with Gasteiger partial charge in [-0.05, 0) is 32.3 Å². The number of anilines is 1. The van der Waals surface area contributed by atoms with Gasteiger partial charge in [0, 0.05) is 18.7 Å². The standard InChI is InChI=1S/C15H18N2O6/c1-2-23-15(20)13-5-3-4-8-16(13)12-7-6-10(17(21)22)9-11(12)14(18)19/h6-7,9,13H,2-5,8H2,1H3,(H,18,19). The molecule has 1 aromatic carbocycles. The zero-order valence-electron chi connectivity index (χ0n) is 12.7. The Balaban J connectivity index is 2.43. The Kier molecular flexibility index (Phi) is 5.15. The van der Waals surface area contributed by atoms with Crippen molar-refractivity contribution >= 4 is 23.3 Å². The van der Waals surface area contributed by atoms with Crippen molar-refractivity contribution in [2.45, 2.75) is 32.2 Å². The summed E-state index contributed by atoms with van der Waals surface area (Å²) < 4.78 is 5.06. The lowest BCUT2D eigenvalue weighted by Crippen LogP contribution is -2.46. The molecule has 1 aliphatic heterocycles. The van der Waals surface area contributed by atoms with Gasteiger partial charge in [-0.25, -0.2) is 9.59 Å². The second kappa shape index (κ2) is 7.08. The molecule has 0 aliphatic carbocycles. The number of nitrogens with zero attached hydrogens (tertiary/aromatic N) is 2. The second-order valence-electron chi connectivity index (χ2n) is 5.22. The Hall–Kier alpha value is -2.64. The topological polar surface area (TPSA) is 110 Å². The largest absolute Gasteiger partial charge is 0.478 e. The van der Waals surface area contributed by atoms with Crippen LogP contribution in [0.2, 0.25) is 0 Å². The lowest BCUT2D eigenvalue weighted by molar-refractivity contribution is -0.384. The molecule has 1 unspecified atom stereocenters. The molecule has 1 aromatic rings. The number of hydrogen-bond donors (Lipinski definition) is 1. The van der Waals surface area contributed by atoms with Crippen molar-refractivity contribution in [2.24, 2.45) is 0 Å². The molecular weight excluding hydrogens is 304 g/mol. The van der Waals surface area contributed by atoms with E-state index in [4.69, 9.17) is 4.74 Å². The molecule has 0 bridgehead atoms. The fourth-order valence-corrected chi connectivity index (χ4v) is 2.76. The minimum atomic E-state index is -1.27. The Morgan fingerprint density at radius 1 is 1.43 bits per heavy atom. The molecule has 8 heteroatoms. The van der Waals surface area contributed by atoms with Crippen molar-refractivity contribution in [1.29, 1.82) is 0 Å². The molecule has 1 heterocycles. The minimum absolute atomic E-state index is 0.185. The van der Waals surface area contributed by atoms with E-state index in [0.29, 0.717) is 18.7 Å². The van der Waals surface area contributed by atoms with Gasteiger partial charge in [0.15, 0.2) is 0 Å². The van der Waals surface area contributed by atoms with Gasteiger partial charge in [-0.15, -0.1) is 0 Å². The number of esters is 1. The van der Waals surface area contributed by atoms with Crippen LogP contribution in [0.15, 0.2) is 18.2 Å². The van der Waals surface area contributed by atoms with E-state index in [0.717, 1.165) is 18.9 Å². The number of aromatic carboxylic acids is 1. The van der Waals surface area contributed by atoms with Crippen LogP contribution in [0.1, 0.15) is 36.5 Å². The van der Waals surface area contributed by atoms with Gasteiger partial charge in [0.2, 0.25) is 0 Å². The first kappa shape index (κ1) is 16.7. The van der Waals surface area contributed by atoms with Crippen LogP contribution in [0.5, 0.6) is 0 Å². The highest BCUT2D eigenvalue weighted by atomic mass is 16.6. The summed E-state index contributed by atoms with van der Waals surface area (Å²) in [7, 11) is 0. The van der Waals surface area contributed by atoms with Gasteiger partial charge in [0.25, 0.3) is 5.69 Å². The molecule has 1 saturated heterocycles. The summed E-state index contributed by atoms with van der Waals surface area (Å²) >= 11 is 0. The summed E-state index contributed by atoms with van der Waals surface area (Å²) in [5.41, 5.74) is -0.174. The number of non-ortho nitro benzene ring substituents is 1. The molecule has 8 nitrogen and oxygen atoms in total. The van der Waals surface area contributed by atoms with Crippen molar-refractivity contribution < 1.29 is 24.4 Å². The lowest BCUT2D eigenvalue weighted by atomic mass is 9.99. The Bertz CT molecular complexity index is 630. The van der Waals surface area contributed by atoms with Gasteiger partial charge in [-0.1, -0.05) is 0 Å². The van der Waals surface area contributed by atoms with E-state index < -0.39 is 22.9 Å². The number of carbonyl (C=O) groups excluding carboxylic acids is 1. The monoisotopic (exact) mass is 322 g/mol. The van der Waals surface area contributed by atoms with Crippen LogP contribution in [0.25, 0.3) is 0 Å². The maximum atomic E-state index is 12.1. The maximum absolute atomic E-state index is 12.1. The number of piperidine rings is 1. The fraction of sp³-hybridized carbons (Fsp3) is 0.467. The fourth-order valence-electron chi connectivity index (χ4n) is 2.76. The van der Waals surface area contributed by atoms with Gasteiger partial charge in [-0.2, -0.15) is 0 Å². The molecule has 23 heavy (non-hydrogen) atoms. The second-order valence-corrected chi connectivity index (χ2v) is 5.22. The average molecular weight is 322 g/mol. The molecule has 124 valence electrons. The quantitative estimate of drug-likeness (QED) is 0.502. The number of ether oxygens (including phenoxy) is 1. The molecule has 0 spiro atoms. The van der Waals surface area contributed by atoms with Gasteiger partial charge >= 0.3 is 11.9 Å². The predicted molar refractivity (Wildman–Crippen MR) is 81.7 cm³/mol. The van der Waals surface area contributed by atoms with Crippen LogP contribution in [-0.2, 0) is 9.53 Å². The third-order valence-corrected chi connectivity index (χ3v) is 3.79. The number of hydrogen-bond acceptors (Lipinski definition) is 6. The lowest BCUT2D eigenvalue weighted by Gasteiger charge is -2.36. The molecule has 1 atom stereocenters. The number of rotatable bonds is 5. The van der Waals surface area contributed by atoms with Crippen molar-refractivity contribution in [3.63, 3.8) is 0 Å². The van der Waals surface area contributed by atoms with Crippen LogP contribution in [-0.4, -0.2) is 41.2 Å². The van der Waals surface area contributed by atoms with Crippen molar-refractivity contribution in [3.8, 4) is 0 Å². The molecule has 0 amide bonds. The predicted octanol–water partition coefficient (Wildman–Crippen LogP) is 2.21. The minimum Gasteiger partial charge on any atom is -0.478 e. The highest BCUT2D eigenvalue weighted by molar-refractivity contribution is 5.96. The SMILES string of the molecule is CCOC(=O)C1CCCCN1c1ccc([N+](=O)[O-])cc1C(=O)O. The summed E-state index contributed by atoms with van der Waals surface area (Å²) in [6.07, 6.45) is 2.22. The highest BCUT2D eigenvalue weighted by Crippen LogP contribution is 2.31. The van der Waals surface area contributed by atoms with E-state index in [9.17, 15) is 24.8 Å². The number of carboxylic acid groups (broad SMARTS) is 1. The first-order chi connectivity index (χ1) is 11.0. The molecule has 1 fully saturated rings. The maximum Gasteiger partial charge on any atom is 0.338 e. The van der Waals surface area contributed by atoms with Crippen LogP contribution in [0, 0.1) is 10.1 Å². The van der Waals surface area contributed by atoms with Gasteiger partial charge in [-0.3, -0.25) is 10.1 Å². The van der Waals surface area contributed by atoms with E-state index in [-0.39, 0.29) is 17.9 Å². The first-order valence-electron chi connectivity index (χ1n) is 7.40. The van der Waals surface area contributed by atoms with Gasteiger partial charge in [0.1, 0.15) is 6.04 Å². The van der Waals surface area contributed by atoms with E-state index in [1.54, 1.807) is 11.8 Å². The van der Waals surface area contributed by atoms with E-state index in [1.807, 2.05) is 0 Å². The van der Waals surface area contributed by atoms with Crippen LogP contribution >= 0.6 is 0 Å². The van der Waals surface area contributed by atoms with Crippen LogP contribution in [0.4, 0.5) is 11.4 Å².